The van der Waals surface area contributed by atoms with E-state index in [1.165, 1.54) is 17.8 Å². The Hall–Kier alpha value is -2.44. The van der Waals surface area contributed by atoms with Crippen LogP contribution in [0.15, 0.2) is 17.8 Å². The lowest BCUT2D eigenvalue weighted by atomic mass is 10.2. The SMILES string of the molecule is O=C(Nc1csc(-c2cnc(N3CCCC3C(F)(F)F)nc2)n1)C(F)(F)F. The van der Waals surface area contributed by atoms with Crippen LogP contribution in [-0.2, 0) is 4.79 Å². The molecule has 3 rings (SSSR count). The predicted octanol–water partition coefficient (Wildman–Crippen LogP) is 3.63. The molecule has 0 radical (unpaired) electrons. The number of carbonyl (C=O) groups is 1. The third kappa shape index (κ3) is 4.28. The summed E-state index contributed by atoms with van der Waals surface area (Å²) in [5.74, 6) is -2.53. The molecule has 0 bridgehead atoms. The molecule has 0 aliphatic carbocycles. The van der Waals surface area contributed by atoms with Crippen molar-refractivity contribution < 1.29 is 31.1 Å². The van der Waals surface area contributed by atoms with Crippen LogP contribution in [0.4, 0.5) is 38.1 Å². The Balaban J connectivity index is 1.74. The van der Waals surface area contributed by atoms with E-state index in [9.17, 15) is 31.1 Å². The highest BCUT2D eigenvalue weighted by Crippen LogP contribution is 2.35. The number of thiazole rings is 1. The molecule has 146 valence electrons. The second kappa shape index (κ2) is 6.94. The van der Waals surface area contributed by atoms with Gasteiger partial charge in [0.15, 0.2) is 0 Å². The standard InChI is InChI=1S/C14H11F6N5OS/c15-13(16,17)8-2-1-3-25(8)12-21-4-7(5-22-12)10-23-9(6-27-10)24-11(26)14(18,19)20/h4-6,8H,1-3H2,(H,24,26). The number of hydrogen-bond acceptors (Lipinski definition) is 6. The predicted molar refractivity (Wildman–Crippen MR) is 84.2 cm³/mol. The van der Waals surface area contributed by atoms with E-state index < -0.39 is 24.3 Å². The molecule has 0 spiro atoms. The second-order valence-corrected chi connectivity index (χ2v) is 6.51. The molecule has 27 heavy (non-hydrogen) atoms. The molecule has 3 heterocycles. The molecule has 1 atom stereocenters. The lowest BCUT2D eigenvalue weighted by Crippen LogP contribution is -2.42. The van der Waals surface area contributed by atoms with E-state index in [1.807, 2.05) is 0 Å². The first-order valence-electron chi connectivity index (χ1n) is 7.55. The summed E-state index contributed by atoms with van der Waals surface area (Å²) in [6.45, 7) is 0.175. The van der Waals surface area contributed by atoms with Crippen LogP contribution < -0.4 is 10.2 Å². The van der Waals surface area contributed by atoms with Crippen molar-refractivity contribution in [3.05, 3.63) is 17.8 Å². The normalized spacial score (nSPS) is 18.0. The first-order chi connectivity index (χ1) is 12.6. The van der Waals surface area contributed by atoms with E-state index in [2.05, 4.69) is 15.0 Å². The second-order valence-electron chi connectivity index (χ2n) is 5.65. The molecule has 0 aromatic carbocycles. The average Bonchev–Trinajstić information content (AvgIpc) is 3.23. The highest BCUT2D eigenvalue weighted by molar-refractivity contribution is 7.13. The van der Waals surface area contributed by atoms with Gasteiger partial charge in [-0.3, -0.25) is 4.79 Å². The highest BCUT2D eigenvalue weighted by atomic mass is 32.1. The minimum atomic E-state index is -5.04. The molecule has 1 unspecified atom stereocenters. The zero-order chi connectivity index (χ0) is 19.8. The monoisotopic (exact) mass is 411 g/mol. The number of rotatable bonds is 3. The molecular formula is C14H11F6N5OS. The van der Waals surface area contributed by atoms with E-state index in [1.54, 1.807) is 5.32 Å². The van der Waals surface area contributed by atoms with Gasteiger partial charge in [0.1, 0.15) is 16.9 Å². The summed E-state index contributed by atoms with van der Waals surface area (Å²) < 4.78 is 75.7. The van der Waals surface area contributed by atoms with Crippen molar-refractivity contribution in [3.8, 4) is 10.6 Å². The third-order valence-electron chi connectivity index (χ3n) is 3.78. The number of nitrogens with zero attached hydrogens (tertiary/aromatic N) is 4. The van der Waals surface area contributed by atoms with Gasteiger partial charge in [0.2, 0.25) is 5.95 Å². The number of halogens is 6. The number of carbonyl (C=O) groups excluding carboxylic acids is 1. The number of amides is 1. The lowest BCUT2D eigenvalue weighted by Gasteiger charge is -2.26. The Labute approximate surface area is 152 Å². The quantitative estimate of drug-likeness (QED) is 0.782. The summed E-state index contributed by atoms with van der Waals surface area (Å²) in [6.07, 6.45) is -6.63. The van der Waals surface area contributed by atoms with Gasteiger partial charge in [-0.25, -0.2) is 15.0 Å². The minimum Gasteiger partial charge on any atom is -0.329 e. The fourth-order valence-electron chi connectivity index (χ4n) is 2.58. The topological polar surface area (TPSA) is 71.0 Å². The van der Waals surface area contributed by atoms with Crippen LogP contribution in [0.2, 0.25) is 0 Å². The van der Waals surface area contributed by atoms with Crippen LogP contribution in [0.5, 0.6) is 0 Å². The van der Waals surface area contributed by atoms with E-state index in [0.29, 0.717) is 12.0 Å². The van der Waals surface area contributed by atoms with Gasteiger partial charge in [0, 0.05) is 29.9 Å². The Morgan fingerprint density at radius 1 is 1.19 bits per heavy atom. The highest BCUT2D eigenvalue weighted by Gasteiger charge is 2.46. The van der Waals surface area contributed by atoms with Gasteiger partial charge in [0.25, 0.3) is 0 Å². The van der Waals surface area contributed by atoms with E-state index in [0.717, 1.165) is 16.2 Å². The number of anilines is 2. The van der Waals surface area contributed by atoms with Crippen molar-refractivity contribution in [3.63, 3.8) is 0 Å². The fourth-order valence-corrected chi connectivity index (χ4v) is 3.30. The third-order valence-corrected chi connectivity index (χ3v) is 4.67. The molecule has 1 aliphatic rings. The smallest absolute Gasteiger partial charge is 0.329 e. The van der Waals surface area contributed by atoms with Crippen LogP contribution >= 0.6 is 11.3 Å². The Bertz CT molecular complexity index is 819. The van der Waals surface area contributed by atoms with Crippen molar-refractivity contribution in [2.75, 3.05) is 16.8 Å². The molecule has 2 aromatic rings. The largest absolute Gasteiger partial charge is 0.471 e. The zero-order valence-corrected chi connectivity index (χ0v) is 14.1. The van der Waals surface area contributed by atoms with Crippen molar-refractivity contribution in [2.24, 2.45) is 0 Å². The molecule has 1 fully saturated rings. The van der Waals surface area contributed by atoms with E-state index >= 15 is 0 Å². The van der Waals surface area contributed by atoms with Crippen LogP contribution in [0, 0.1) is 0 Å². The van der Waals surface area contributed by atoms with Gasteiger partial charge < -0.3 is 10.2 Å². The Morgan fingerprint density at radius 2 is 1.85 bits per heavy atom. The van der Waals surface area contributed by atoms with Crippen LogP contribution in [0.25, 0.3) is 10.6 Å². The van der Waals surface area contributed by atoms with Crippen LogP contribution in [0.1, 0.15) is 12.8 Å². The number of aromatic nitrogens is 3. The number of nitrogens with one attached hydrogen (secondary N) is 1. The maximum Gasteiger partial charge on any atom is 0.471 e. The molecule has 1 aliphatic heterocycles. The zero-order valence-electron chi connectivity index (χ0n) is 13.3. The Kier molecular flexibility index (Phi) is 4.97. The van der Waals surface area contributed by atoms with E-state index in [4.69, 9.17) is 0 Å². The molecule has 6 nitrogen and oxygen atoms in total. The van der Waals surface area contributed by atoms with Crippen molar-refractivity contribution in [2.45, 2.75) is 31.2 Å². The fraction of sp³-hybridized carbons (Fsp3) is 0.429. The first-order valence-corrected chi connectivity index (χ1v) is 8.43. The van der Waals surface area contributed by atoms with Gasteiger partial charge in [0.05, 0.1) is 0 Å². The molecule has 0 saturated carbocycles. The lowest BCUT2D eigenvalue weighted by molar-refractivity contribution is -0.167. The van der Waals surface area contributed by atoms with Gasteiger partial charge in [-0.15, -0.1) is 11.3 Å². The average molecular weight is 411 g/mol. The van der Waals surface area contributed by atoms with E-state index in [-0.39, 0.29) is 29.7 Å². The van der Waals surface area contributed by atoms with Crippen LogP contribution in [-0.4, -0.2) is 45.8 Å². The molecule has 13 heteroatoms. The Morgan fingerprint density at radius 3 is 2.44 bits per heavy atom. The molecule has 1 saturated heterocycles. The molecule has 1 amide bonds. The van der Waals surface area contributed by atoms with Crippen LogP contribution in [0.3, 0.4) is 0 Å². The van der Waals surface area contributed by atoms with Gasteiger partial charge >= 0.3 is 18.3 Å². The van der Waals surface area contributed by atoms with Gasteiger partial charge in [-0.2, -0.15) is 26.3 Å². The van der Waals surface area contributed by atoms with Crippen molar-refractivity contribution in [1.82, 2.24) is 15.0 Å². The first kappa shape index (κ1) is 19.3. The summed E-state index contributed by atoms with van der Waals surface area (Å²) in [5.41, 5.74) is 0.305. The number of alkyl halides is 6. The summed E-state index contributed by atoms with van der Waals surface area (Å²) in [7, 11) is 0. The summed E-state index contributed by atoms with van der Waals surface area (Å²) >= 11 is 0.931. The summed E-state index contributed by atoms with van der Waals surface area (Å²) in [4.78, 5) is 23.6. The molecular weight excluding hydrogens is 400 g/mol. The van der Waals surface area contributed by atoms with Crippen molar-refractivity contribution >= 4 is 29.0 Å². The minimum absolute atomic E-state index is 0.0383. The molecule has 1 N–H and O–H groups in total. The maximum absolute atomic E-state index is 13.0. The van der Waals surface area contributed by atoms with Gasteiger partial charge in [-0.1, -0.05) is 0 Å². The van der Waals surface area contributed by atoms with Crippen molar-refractivity contribution in [1.29, 1.82) is 0 Å². The molecule has 2 aromatic heterocycles. The summed E-state index contributed by atoms with van der Waals surface area (Å²) in [6, 6.07) is -1.65. The van der Waals surface area contributed by atoms with Gasteiger partial charge in [-0.05, 0) is 12.8 Å². The maximum atomic E-state index is 13.0. The number of hydrogen-bond donors (Lipinski definition) is 1. The summed E-state index contributed by atoms with van der Waals surface area (Å²) in [5, 5.41) is 3.03.